The van der Waals surface area contributed by atoms with Gasteiger partial charge >= 0.3 is 0 Å². The first-order chi connectivity index (χ1) is 7.27. The zero-order valence-corrected chi connectivity index (χ0v) is 9.27. The summed E-state index contributed by atoms with van der Waals surface area (Å²) in [6.45, 7) is 4.88. The highest BCUT2D eigenvalue weighted by molar-refractivity contribution is 5.76. The van der Waals surface area contributed by atoms with Gasteiger partial charge < -0.3 is 10.3 Å². The molecule has 1 atom stereocenters. The standard InChI is InChI=1S/C12H17N3/c1-3-9(2)15-11-7-5-4-6-10(11)14-12(15)8-13/h4-7,9H,3,8,13H2,1-2H3/t9-/m0/s1. The van der Waals surface area contributed by atoms with Gasteiger partial charge in [0.15, 0.2) is 0 Å². The summed E-state index contributed by atoms with van der Waals surface area (Å²) in [6, 6.07) is 8.65. The summed E-state index contributed by atoms with van der Waals surface area (Å²) in [7, 11) is 0. The van der Waals surface area contributed by atoms with Gasteiger partial charge in [-0.2, -0.15) is 0 Å². The summed E-state index contributed by atoms with van der Waals surface area (Å²) >= 11 is 0. The fraction of sp³-hybridized carbons (Fsp3) is 0.417. The number of imidazole rings is 1. The fourth-order valence-corrected chi connectivity index (χ4v) is 1.91. The van der Waals surface area contributed by atoms with Crippen LogP contribution in [0, 0.1) is 0 Å². The Hall–Kier alpha value is -1.35. The molecular weight excluding hydrogens is 186 g/mol. The third-order valence-electron chi connectivity index (χ3n) is 2.88. The molecule has 1 aromatic heterocycles. The van der Waals surface area contributed by atoms with E-state index in [9.17, 15) is 0 Å². The summed E-state index contributed by atoms with van der Waals surface area (Å²) < 4.78 is 2.25. The lowest BCUT2D eigenvalue weighted by atomic mass is 10.2. The third kappa shape index (κ3) is 1.63. The molecule has 2 N–H and O–H groups in total. The Morgan fingerprint density at radius 1 is 1.40 bits per heavy atom. The number of benzene rings is 1. The molecule has 0 saturated carbocycles. The van der Waals surface area contributed by atoms with Gasteiger partial charge in [-0.15, -0.1) is 0 Å². The van der Waals surface area contributed by atoms with Crippen LogP contribution in [0.3, 0.4) is 0 Å². The Labute approximate surface area is 89.9 Å². The number of nitrogens with two attached hydrogens (primary N) is 1. The van der Waals surface area contributed by atoms with E-state index in [-0.39, 0.29) is 0 Å². The van der Waals surface area contributed by atoms with Crippen molar-refractivity contribution in [1.29, 1.82) is 0 Å². The molecule has 0 unspecified atom stereocenters. The van der Waals surface area contributed by atoms with Crippen LogP contribution >= 0.6 is 0 Å². The quantitative estimate of drug-likeness (QED) is 0.832. The highest BCUT2D eigenvalue weighted by atomic mass is 15.1. The third-order valence-corrected chi connectivity index (χ3v) is 2.88. The van der Waals surface area contributed by atoms with Crippen molar-refractivity contribution in [3.63, 3.8) is 0 Å². The van der Waals surface area contributed by atoms with E-state index in [0.717, 1.165) is 17.8 Å². The molecule has 3 nitrogen and oxygen atoms in total. The first-order valence-corrected chi connectivity index (χ1v) is 5.43. The van der Waals surface area contributed by atoms with Gasteiger partial charge in [0, 0.05) is 6.04 Å². The Morgan fingerprint density at radius 3 is 2.80 bits per heavy atom. The number of fused-ring (bicyclic) bond motifs is 1. The minimum Gasteiger partial charge on any atom is -0.324 e. The number of nitrogens with zero attached hydrogens (tertiary/aromatic N) is 2. The molecule has 1 heterocycles. The maximum absolute atomic E-state index is 5.72. The van der Waals surface area contributed by atoms with Crippen LogP contribution < -0.4 is 5.73 Å². The van der Waals surface area contributed by atoms with Crippen LogP contribution in [0.25, 0.3) is 11.0 Å². The Kier molecular flexibility index (Phi) is 2.73. The molecule has 0 aliphatic heterocycles. The lowest BCUT2D eigenvalue weighted by Crippen LogP contribution is -2.11. The van der Waals surface area contributed by atoms with E-state index >= 15 is 0 Å². The number of aromatic nitrogens is 2. The summed E-state index contributed by atoms with van der Waals surface area (Å²) in [4.78, 5) is 4.54. The fourth-order valence-electron chi connectivity index (χ4n) is 1.91. The van der Waals surface area contributed by atoms with Crippen LogP contribution in [0.4, 0.5) is 0 Å². The van der Waals surface area contributed by atoms with Crippen molar-refractivity contribution in [2.24, 2.45) is 5.73 Å². The first kappa shape index (κ1) is 10.2. The number of para-hydroxylation sites is 2. The second-order valence-electron chi connectivity index (χ2n) is 3.85. The lowest BCUT2D eigenvalue weighted by molar-refractivity contribution is 0.522. The SMILES string of the molecule is CC[C@H](C)n1c(CN)nc2ccccc21. The smallest absolute Gasteiger partial charge is 0.123 e. The second kappa shape index (κ2) is 4.03. The molecule has 0 bridgehead atoms. The van der Waals surface area contributed by atoms with Crippen molar-refractivity contribution in [2.45, 2.75) is 32.9 Å². The van der Waals surface area contributed by atoms with E-state index in [1.54, 1.807) is 0 Å². The summed E-state index contributed by atoms with van der Waals surface area (Å²) in [5, 5.41) is 0. The zero-order chi connectivity index (χ0) is 10.8. The van der Waals surface area contributed by atoms with E-state index in [1.807, 2.05) is 18.2 Å². The average molecular weight is 203 g/mol. The van der Waals surface area contributed by atoms with Crippen LogP contribution in [0.1, 0.15) is 32.1 Å². The average Bonchev–Trinajstić information content (AvgIpc) is 2.66. The summed E-state index contributed by atoms with van der Waals surface area (Å²) in [6.07, 6.45) is 1.09. The van der Waals surface area contributed by atoms with Gasteiger partial charge in [0.25, 0.3) is 0 Å². The molecule has 0 aliphatic rings. The molecule has 0 aliphatic carbocycles. The van der Waals surface area contributed by atoms with Crippen molar-refractivity contribution >= 4 is 11.0 Å². The van der Waals surface area contributed by atoms with Crippen molar-refractivity contribution in [3.05, 3.63) is 30.1 Å². The molecule has 0 radical (unpaired) electrons. The van der Waals surface area contributed by atoms with Crippen LogP contribution in [-0.2, 0) is 6.54 Å². The largest absolute Gasteiger partial charge is 0.324 e. The minimum atomic E-state index is 0.455. The molecule has 0 spiro atoms. The molecule has 3 heteroatoms. The maximum atomic E-state index is 5.72. The van der Waals surface area contributed by atoms with Gasteiger partial charge in [0.2, 0.25) is 0 Å². The minimum absolute atomic E-state index is 0.455. The van der Waals surface area contributed by atoms with Gasteiger partial charge in [-0.1, -0.05) is 19.1 Å². The van der Waals surface area contributed by atoms with Crippen LogP contribution in [-0.4, -0.2) is 9.55 Å². The molecule has 2 rings (SSSR count). The molecule has 0 fully saturated rings. The van der Waals surface area contributed by atoms with Crippen LogP contribution in [0.15, 0.2) is 24.3 Å². The monoisotopic (exact) mass is 203 g/mol. The van der Waals surface area contributed by atoms with Crippen LogP contribution in [0.2, 0.25) is 0 Å². The van der Waals surface area contributed by atoms with E-state index in [4.69, 9.17) is 5.73 Å². The van der Waals surface area contributed by atoms with Gasteiger partial charge in [-0.05, 0) is 25.5 Å². The van der Waals surface area contributed by atoms with E-state index in [0.29, 0.717) is 12.6 Å². The lowest BCUT2D eigenvalue weighted by Gasteiger charge is -2.14. The van der Waals surface area contributed by atoms with Gasteiger partial charge in [0.05, 0.1) is 17.6 Å². The predicted octanol–water partition coefficient (Wildman–Crippen LogP) is 2.47. The van der Waals surface area contributed by atoms with Gasteiger partial charge in [-0.25, -0.2) is 4.98 Å². The number of hydrogen-bond donors (Lipinski definition) is 1. The Morgan fingerprint density at radius 2 is 2.13 bits per heavy atom. The molecule has 15 heavy (non-hydrogen) atoms. The number of hydrogen-bond acceptors (Lipinski definition) is 2. The van der Waals surface area contributed by atoms with Gasteiger partial charge in [0.1, 0.15) is 5.82 Å². The summed E-state index contributed by atoms with van der Waals surface area (Å²) in [5.74, 6) is 0.977. The molecule has 0 saturated heterocycles. The highest BCUT2D eigenvalue weighted by Crippen LogP contribution is 2.22. The number of rotatable bonds is 3. The normalized spacial score (nSPS) is 13.3. The Bertz CT molecular complexity index is 459. The zero-order valence-electron chi connectivity index (χ0n) is 9.27. The molecule has 0 amide bonds. The van der Waals surface area contributed by atoms with Crippen molar-refractivity contribution in [1.82, 2.24) is 9.55 Å². The molecule has 80 valence electrons. The summed E-state index contributed by atoms with van der Waals surface area (Å²) in [5.41, 5.74) is 7.95. The first-order valence-electron chi connectivity index (χ1n) is 5.43. The van der Waals surface area contributed by atoms with Crippen molar-refractivity contribution < 1.29 is 0 Å². The van der Waals surface area contributed by atoms with Gasteiger partial charge in [-0.3, -0.25) is 0 Å². The van der Waals surface area contributed by atoms with Crippen molar-refractivity contribution in [2.75, 3.05) is 0 Å². The van der Waals surface area contributed by atoms with E-state index < -0.39 is 0 Å². The van der Waals surface area contributed by atoms with Crippen molar-refractivity contribution in [3.8, 4) is 0 Å². The topological polar surface area (TPSA) is 43.8 Å². The van der Waals surface area contributed by atoms with E-state index in [1.165, 1.54) is 5.52 Å². The Balaban J connectivity index is 2.66. The maximum Gasteiger partial charge on any atom is 0.123 e. The second-order valence-corrected chi connectivity index (χ2v) is 3.85. The molecule has 2 aromatic rings. The highest BCUT2D eigenvalue weighted by Gasteiger charge is 2.12. The van der Waals surface area contributed by atoms with E-state index in [2.05, 4.69) is 29.5 Å². The van der Waals surface area contributed by atoms with Crippen LogP contribution in [0.5, 0.6) is 0 Å². The molecule has 1 aromatic carbocycles. The predicted molar refractivity (Wildman–Crippen MR) is 62.6 cm³/mol. The molecular formula is C12H17N3.